The van der Waals surface area contributed by atoms with E-state index in [1.54, 1.807) is 0 Å². The molecule has 1 saturated carbocycles. The summed E-state index contributed by atoms with van der Waals surface area (Å²) in [4.78, 5) is 11.7. The van der Waals surface area contributed by atoms with Crippen LogP contribution < -0.4 is 0 Å². The Bertz CT molecular complexity index is 354. The number of hydrogen-bond donors (Lipinski definition) is 0. The van der Waals surface area contributed by atoms with Crippen LogP contribution in [0.15, 0.2) is 23.8 Å². The van der Waals surface area contributed by atoms with Crippen LogP contribution in [0, 0.1) is 23.7 Å². The highest BCUT2D eigenvalue weighted by molar-refractivity contribution is 5.90. The number of ether oxygens (including phenoxy) is 1. The highest BCUT2D eigenvalue weighted by Gasteiger charge is 2.49. The molecule has 0 N–H and O–H groups in total. The average Bonchev–Trinajstić information content (AvgIpc) is 2.90. The highest BCUT2D eigenvalue weighted by atomic mass is 16.5. The van der Waals surface area contributed by atoms with Gasteiger partial charge in [-0.2, -0.15) is 0 Å². The number of esters is 1. The van der Waals surface area contributed by atoms with Gasteiger partial charge in [0.2, 0.25) is 0 Å². The first kappa shape index (κ1) is 9.20. The zero-order chi connectivity index (χ0) is 10.4. The smallest absolute Gasteiger partial charge is 0.333 e. The van der Waals surface area contributed by atoms with Gasteiger partial charge in [0, 0.05) is 5.57 Å². The summed E-state index contributed by atoms with van der Waals surface area (Å²) in [6.07, 6.45) is 9.14. The van der Waals surface area contributed by atoms with Crippen molar-refractivity contribution in [1.82, 2.24) is 0 Å². The molecule has 3 aliphatic carbocycles. The molecule has 2 heteroatoms. The lowest BCUT2D eigenvalue weighted by molar-refractivity contribution is -0.139. The molecule has 1 fully saturated rings. The van der Waals surface area contributed by atoms with Gasteiger partial charge in [-0.25, -0.2) is 4.79 Å². The third-order valence-corrected chi connectivity index (χ3v) is 4.11. The quantitative estimate of drug-likeness (QED) is 0.509. The molecule has 2 nitrogen and oxygen atoms in total. The number of allylic oxidation sites excluding steroid dienone is 3. The fraction of sp³-hybridized carbons (Fsp3) is 0.615. The van der Waals surface area contributed by atoms with E-state index in [1.165, 1.54) is 12.8 Å². The largest absolute Gasteiger partial charge is 0.463 e. The van der Waals surface area contributed by atoms with Crippen LogP contribution in [0.25, 0.3) is 0 Å². The molecule has 0 heterocycles. The topological polar surface area (TPSA) is 26.3 Å². The third kappa shape index (κ3) is 1.20. The molecule has 4 atom stereocenters. The minimum Gasteiger partial charge on any atom is -0.463 e. The molecule has 0 radical (unpaired) electrons. The predicted molar refractivity (Wildman–Crippen MR) is 57.1 cm³/mol. The minimum atomic E-state index is -0.0799. The van der Waals surface area contributed by atoms with Gasteiger partial charge >= 0.3 is 5.97 Å². The van der Waals surface area contributed by atoms with E-state index < -0.39 is 0 Å². The average molecular weight is 204 g/mol. The fourth-order valence-corrected chi connectivity index (χ4v) is 3.52. The molecular weight excluding hydrogens is 188 g/mol. The molecule has 0 aromatic rings. The maximum absolute atomic E-state index is 11.7. The lowest BCUT2D eigenvalue weighted by Gasteiger charge is -2.23. The van der Waals surface area contributed by atoms with Crippen molar-refractivity contribution in [2.75, 3.05) is 6.61 Å². The minimum absolute atomic E-state index is 0.0799. The van der Waals surface area contributed by atoms with E-state index in [0.717, 1.165) is 11.5 Å². The van der Waals surface area contributed by atoms with Crippen LogP contribution in [0.1, 0.15) is 19.8 Å². The Balaban J connectivity index is 1.83. The molecule has 15 heavy (non-hydrogen) atoms. The van der Waals surface area contributed by atoms with Gasteiger partial charge in [-0.15, -0.1) is 0 Å². The van der Waals surface area contributed by atoms with Gasteiger partial charge in [0.15, 0.2) is 0 Å². The standard InChI is InChI=1S/C13H16O2/c1-2-15-13(14)12-7-8-6-11(12)10-5-3-4-9(8)10/h3,5,7-11H,2,4,6H2,1H3/t8-,9+,10-,11-/m1/s1. The SMILES string of the molecule is CCOC(=O)C1=C[C@H]2C[C@@H]1[C@@H]1C=CC[C@H]12. The van der Waals surface area contributed by atoms with Crippen molar-refractivity contribution in [3.05, 3.63) is 23.8 Å². The van der Waals surface area contributed by atoms with E-state index in [4.69, 9.17) is 4.74 Å². The van der Waals surface area contributed by atoms with Gasteiger partial charge in [-0.05, 0) is 43.4 Å². The van der Waals surface area contributed by atoms with Crippen LogP contribution in [0.4, 0.5) is 0 Å². The van der Waals surface area contributed by atoms with E-state index in [0.29, 0.717) is 24.4 Å². The van der Waals surface area contributed by atoms with E-state index in [2.05, 4.69) is 18.2 Å². The van der Waals surface area contributed by atoms with Crippen molar-refractivity contribution < 1.29 is 9.53 Å². The summed E-state index contributed by atoms with van der Waals surface area (Å²) in [5, 5.41) is 0. The van der Waals surface area contributed by atoms with E-state index in [9.17, 15) is 4.79 Å². The first-order chi connectivity index (χ1) is 7.31. The molecule has 3 aliphatic rings. The van der Waals surface area contributed by atoms with Gasteiger partial charge in [0.1, 0.15) is 0 Å². The van der Waals surface area contributed by atoms with Gasteiger partial charge in [0.05, 0.1) is 6.61 Å². The Morgan fingerprint density at radius 3 is 3.27 bits per heavy atom. The summed E-state index contributed by atoms with van der Waals surface area (Å²) in [7, 11) is 0. The van der Waals surface area contributed by atoms with Crippen molar-refractivity contribution in [3.63, 3.8) is 0 Å². The third-order valence-electron chi connectivity index (χ3n) is 4.11. The van der Waals surface area contributed by atoms with Gasteiger partial charge in [-0.1, -0.05) is 18.2 Å². The van der Waals surface area contributed by atoms with Crippen LogP contribution >= 0.6 is 0 Å². The van der Waals surface area contributed by atoms with Gasteiger partial charge in [0.25, 0.3) is 0 Å². The fourth-order valence-electron chi connectivity index (χ4n) is 3.52. The second-order valence-electron chi connectivity index (χ2n) is 4.75. The predicted octanol–water partition coefficient (Wildman–Crippen LogP) is 2.32. The van der Waals surface area contributed by atoms with Crippen LogP contribution in [-0.4, -0.2) is 12.6 Å². The van der Waals surface area contributed by atoms with E-state index in [-0.39, 0.29) is 5.97 Å². The van der Waals surface area contributed by atoms with Crippen molar-refractivity contribution in [2.45, 2.75) is 19.8 Å². The van der Waals surface area contributed by atoms with Crippen LogP contribution in [0.2, 0.25) is 0 Å². The molecule has 0 aromatic carbocycles. The summed E-state index contributed by atoms with van der Waals surface area (Å²) < 4.78 is 5.10. The maximum Gasteiger partial charge on any atom is 0.333 e. The summed E-state index contributed by atoms with van der Waals surface area (Å²) in [5.74, 6) is 2.42. The normalized spacial score (nSPS) is 40.5. The lowest BCUT2D eigenvalue weighted by atomic mass is 9.82. The molecule has 0 amide bonds. The van der Waals surface area contributed by atoms with Crippen molar-refractivity contribution in [3.8, 4) is 0 Å². The van der Waals surface area contributed by atoms with E-state index >= 15 is 0 Å². The molecule has 0 spiro atoms. The lowest BCUT2D eigenvalue weighted by Crippen LogP contribution is -2.22. The summed E-state index contributed by atoms with van der Waals surface area (Å²) in [6.45, 7) is 2.35. The van der Waals surface area contributed by atoms with Crippen molar-refractivity contribution >= 4 is 5.97 Å². The first-order valence-corrected chi connectivity index (χ1v) is 5.86. The number of rotatable bonds is 2. The van der Waals surface area contributed by atoms with E-state index in [1.807, 2.05) is 6.92 Å². The summed E-state index contributed by atoms with van der Waals surface area (Å²) in [5.41, 5.74) is 0.953. The Morgan fingerprint density at radius 1 is 1.60 bits per heavy atom. The maximum atomic E-state index is 11.7. The Morgan fingerprint density at radius 2 is 2.47 bits per heavy atom. The molecule has 2 bridgehead atoms. The molecule has 0 unspecified atom stereocenters. The number of carbonyl (C=O) groups is 1. The molecular formula is C13H16O2. The second kappa shape index (κ2) is 3.22. The monoisotopic (exact) mass is 204 g/mol. The molecule has 0 aliphatic heterocycles. The Kier molecular flexibility index (Phi) is 1.98. The van der Waals surface area contributed by atoms with Crippen molar-refractivity contribution in [2.24, 2.45) is 23.7 Å². The molecule has 80 valence electrons. The van der Waals surface area contributed by atoms with Gasteiger partial charge < -0.3 is 4.74 Å². The number of carbonyl (C=O) groups excluding carboxylic acids is 1. The Labute approximate surface area is 90.0 Å². The Hall–Kier alpha value is -1.05. The zero-order valence-electron chi connectivity index (χ0n) is 8.98. The van der Waals surface area contributed by atoms with Crippen LogP contribution in [-0.2, 0) is 9.53 Å². The summed E-state index contributed by atoms with van der Waals surface area (Å²) in [6, 6.07) is 0. The van der Waals surface area contributed by atoms with Crippen molar-refractivity contribution in [1.29, 1.82) is 0 Å². The second-order valence-corrected chi connectivity index (χ2v) is 4.75. The number of fused-ring (bicyclic) bond motifs is 5. The van der Waals surface area contributed by atoms with Gasteiger partial charge in [-0.3, -0.25) is 0 Å². The van der Waals surface area contributed by atoms with Crippen LogP contribution in [0.5, 0.6) is 0 Å². The zero-order valence-corrected chi connectivity index (χ0v) is 8.98. The summed E-state index contributed by atoms with van der Waals surface area (Å²) >= 11 is 0. The molecule has 3 rings (SSSR count). The first-order valence-electron chi connectivity index (χ1n) is 5.86. The molecule has 0 saturated heterocycles. The number of hydrogen-bond acceptors (Lipinski definition) is 2. The van der Waals surface area contributed by atoms with Crippen LogP contribution in [0.3, 0.4) is 0 Å². The molecule has 0 aromatic heterocycles. The highest BCUT2D eigenvalue weighted by Crippen LogP contribution is 2.55.